The molecule has 82 valence electrons. The van der Waals surface area contributed by atoms with Crippen LogP contribution in [0.25, 0.3) is 0 Å². The lowest BCUT2D eigenvalue weighted by atomic mass is 10.3. The number of anilines is 1. The number of hydrogen-bond donors (Lipinski definition) is 1. The van der Waals surface area contributed by atoms with Gasteiger partial charge >= 0.3 is 0 Å². The lowest BCUT2D eigenvalue weighted by molar-refractivity contribution is 0.549. The molecule has 1 aliphatic rings. The predicted octanol–water partition coefficient (Wildman–Crippen LogP) is 0.642. The van der Waals surface area contributed by atoms with Crippen molar-refractivity contribution in [2.24, 2.45) is 0 Å². The number of aromatic nitrogens is 2. The van der Waals surface area contributed by atoms with Gasteiger partial charge in [0.1, 0.15) is 5.82 Å². The summed E-state index contributed by atoms with van der Waals surface area (Å²) in [4.78, 5) is 10.1. The third kappa shape index (κ3) is 2.07. The van der Waals surface area contributed by atoms with Gasteiger partial charge in [0.25, 0.3) is 0 Å². The number of hydrogen-bond acceptors (Lipinski definition) is 4. The first-order valence-corrected chi connectivity index (χ1v) is 5.15. The summed E-state index contributed by atoms with van der Waals surface area (Å²) < 4.78 is 13.8. The number of nitrogens with one attached hydrogen (secondary N) is 1. The van der Waals surface area contributed by atoms with Crippen molar-refractivity contribution in [3.8, 4) is 0 Å². The van der Waals surface area contributed by atoms with Crippen LogP contribution >= 0.6 is 0 Å². The molecule has 1 N–H and O–H groups in total. The Morgan fingerprint density at radius 3 is 2.53 bits per heavy atom. The molecule has 2 heterocycles. The molecule has 5 heteroatoms. The minimum Gasteiger partial charge on any atom is -0.352 e. The van der Waals surface area contributed by atoms with Gasteiger partial charge in [-0.2, -0.15) is 0 Å². The molecule has 0 amide bonds. The Morgan fingerprint density at radius 1 is 1.20 bits per heavy atom. The van der Waals surface area contributed by atoms with E-state index in [0.29, 0.717) is 17.3 Å². The maximum absolute atomic E-state index is 13.8. The van der Waals surface area contributed by atoms with Gasteiger partial charge in [-0.05, 0) is 13.8 Å². The SMILES string of the molecule is Cc1nc(C)c(F)c(N2CCNCC2)n1. The second-order valence-corrected chi connectivity index (χ2v) is 3.73. The lowest BCUT2D eigenvalue weighted by Gasteiger charge is -2.28. The van der Waals surface area contributed by atoms with Gasteiger partial charge in [-0.1, -0.05) is 0 Å². The largest absolute Gasteiger partial charge is 0.352 e. The van der Waals surface area contributed by atoms with Crippen LogP contribution < -0.4 is 10.2 Å². The second kappa shape index (κ2) is 4.10. The molecule has 0 aliphatic carbocycles. The number of rotatable bonds is 1. The van der Waals surface area contributed by atoms with Crippen molar-refractivity contribution in [3.05, 3.63) is 17.3 Å². The van der Waals surface area contributed by atoms with Crippen LogP contribution in [0.4, 0.5) is 10.2 Å². The smallest absolute Gasteiger partial charge is 0.186 e. The van der Waals surface area contributed by atoms with Crippen LogP contribution in [0.15, 0.2) is 0 Å². The molecule has 1 saturated heterocycles. The van der Waals surface area contributed by atoms with Crippen LogP contribution in [0.2, 0.25) is 0 Å². The van der Waals surface area contributed by atoms with Crippen LogP contribution in [-0.4, -0.2) is 36.1 Å². The van der Waals surface area contributed by atoms with Crippen LogP contribution in [0.5, 0.6) is 0 Å². The van der Waals surface area contributed by atoms with E-state index in [1.807, 2.05) is 4.90 Å². The molecule has 0 unspecified atom stereocenters. The first kappa shape index (κ1) is 10.3. The molecule has 1 aromatic heterocycles. The minimum atomic E-state index is -0.289. The number of aryl methyl sites for hydroxylation is 2. The summed E-state index contributed by atoms with van der Waals surface area (Å²) in [6.07, 6.45) is 0. The molecule has 2 rings (SSSR count). The average molecular weight is 210 g/mol. The van der Waals surface area contributed by atoms with E-state index in [1.54, 1.807) is 13.8 Å². The predicted molar refractivity (Wildman–Crippen MR) is 56.5 cm³/mol. The highest BCUT2D eigenvalue weighted by Crippen LogP contribution is 2.18. The minimum absolute atomic E-state index is 0.289. The van der Waals surface area contributed by atoms with Gasteiger partial charge < -0.3 is 10.2 Å². The Hall–Kier alpha value is -1.23. The van der Waals surface area contributed by atoms with Crippen molar-refractivity contribution >= 4 is 5.82 Å². The van der Waals surface area contributed by atoms with Crippen LogP contribution in [0.1, 0.15) is 11.5 Å². The molecule has 0 aromatic carbocycles. The molecule has 0 bridgehead atoms. The van der Waals surface area contributed by atoms with Gasteiger partial charge in [-0.3, -0.25) is 0 Å². The molecular weight excluding hydrogens is 195 g/mol. The highest BCUT2D eigenvalue weighted by Gasteiger charge is 2.18. The van der Waals surface area contributed by atoms with Crippen molar-refractivity contribution in [2.45, 2.75) is 13.8 Å². The van der Waals surface area contributed by atoms with Gasteiger partial charge in [0.2, 0.25) is 0 Å². The van der Waals surface area contributed by atoms with Crippen LogP contribution in [0.3, 0.4) is 0 Å². The van der Waals surface area contributed by atoms with Crippen molar-refractivity contribution in [1.82, 2.24) is 15.3 Å². The zero-order valence-corrected chi connectivity index (χ0v) is 9.05. The van der Waals surface area contributed by atoms with E-state index in [-0.39, 0.29) is 5.82 Å². The second-order valence-electron chi connectivity index (χ2n) is 3.73. The third-order valence-corrected chi connectivity index (χ3v) is 2.53. The Morgan fingerprint density at radius 2 is 1.87 bits per heavy atom. The lowest BCUT2D eigenvalue weighted by Crippen LogP contribution is -2.44. The van der Waals surface area contributed by atoms with Gasteiger partial charge in [-0.25, -0.2) is 14.4 Å². The summed E-state index contributed by atoms with van der Waals surface area (Å²) in [5, 5.41) is 3.23. The first-order chi connectivity index (χ1) is 7.18. The quantitative estimate of drug-likeness (QED) is 0.738. The molecular formula is C10H15FN4. The Bertz CT molecular complexity index is 361. The van der Waals surface area contributed by atoms with E-state index in [9.17, 15) is 4.39 Å². The Balaban J connectivity index is 2.33. The van der Waals surface area contributed by atoms with E-state index >= 15 is 0 Å². The summed E-state index contributed by atoms with van der Waals surface area (Å²) in [6, 6.07) is 0. The van der Waals surface area contributed by atoms with Crippen LogP contribution in [-0.2, 0) is 0 Å². The molecule has 0 radical (unpaired) electrons. The summed E-state index contributed by atoms with van der Waals surface area (Å²) >= 11 is 0. The summed E-state index contributed by atoms with van der Waals surface area (Å²) in [5.74, 6) is 0.784. The number of piperazine rings is 1. The molecule has 0 spiro atoms. The van der Waals surface area contributed by atoms with Gasteiger partial charge in [0.05, 0.1) is 5.69 Å². The van der Waals surface area contributed by atoms with E-state index in [0.717, 1.165) is 26.2 Å². The zero-order chi connectivity index (χ0) is 10.8. The third-order valence-electron chi connectivity index (χ3n) is 2.53. The highest BCUT2D eigenvalue weighted by molar-refractivity contribution is 5.42. The highest BCUT2D eigenvalue weighted by atomic mass is 19.1. The molecule has 1 aliphatic heterocycles. The number of nitrogens with zero attached hydrogens (tertiary/aromatic N) is 3. The van der Waals surface area contributed by atoms with Gasteiger partial charge in [-0.15, -0.1) is 0 Å². The van der Waals surface area contributed by atoms with E-state index in [2.05, 4.69) is 15.3 Å². The van der Waals surface area contributed by atoms with E-state index in [1.165, 1.54) is 0 Å². The Kier molecular flexibility index (Phi) is 2.81. The summed E-state index contributed by atoms with van der Waals surface area (Å²) in [6.45, 7) is 6.82. The normalized spacial score (nSPS) is 16.9. The molecule has 4 nitrogen and oxygen atoms in total. The number of halogens is 1. The van der Waals surface area contributed by atoms with E-state index < -0.39 is 0 Å². The molecule has 15 heavy (non-hydrogen) atoms. The summed E-state index contributed by atoms with van der Waals surface area (Å²) in [7, 11) is 0. The topological polar surface area (TPSA) is 41.1 Å². The fourth-order valence-electron chi connectivity index (χ4n) is 1.77. The fraction of sp³-hybridized carbons (Fsp3) is 0.600. The summed E-state index contributed by atoms with van der Waals surface area (Å²) in [5.41, 5.74) is 0.427. The van der Waals surface area contributed by atoms with Crippen LogP contribution in [0, 0.1) is 19.7 Å². The zero-order valence-electron chi connectivity index (χ0n) is 9.05. The van der Waals surface area contributed by atoms with Gasteiger partial charge in [0.15, 0.2) is 11.6 Å². The fourth-order valence-corrected chi connectivity index (χ4v) is 1.77. The van der Waals surface area contributed by atoms with Crippen molar-refractivity contribution in [2.75, 3.05) is 31.1 Å². The standard InChI is InChI=1S/C10H15FN4/c1-7-9(11)10(14-8(2)13-7)15-5-3-12-4-6-15/h12H,3-6H2,1-2H3. The van der Waals surface area contributed by atoms with Crippen molar-refractivity contribution < 1.29 is 4.39 Å². The van der Waals surface area contributed by atoms with Crippen molar-refractivity contribution in [1.29, 1.82) is 0 Å². The molecule has 1 fully saturated rings. The first-order valence-electron chi connectivity index (χ1n) is 5.15. The molecule has 1 aromatic rings. The molecule has 0 atom stereocenters. The molecule has 0 saturated carbocycles. The Labute approximate surface area is 88.5 Å². The average Bonchev–Trinajstić information content (AvgIpc) is 2.24. The monoisotopic (exact) mass is 210 g/mol. The van der Waals surface area contributed by atoms with Gasteiger partial charge in [0, 0.05) is 26.2 Å². The van der Waals surface area contributed by atoms with Crippen molar-refractivity contribution in [3.63, 3.8) is 0 Å². The van der Waals surface area contributed by atoms with E-state index in [4.69, 9.17) is 0 Å². The maximum Gasteiger partial charge on any atom is 0.186 e. The maximum atomic E-state index is 13.8.